The van der Waals surface area contributed by atoms with E-state index in [0.717, 1.165) is 37.3 Å². The van der Waals surface area contributed by atoms with Crippen molar-refractivity contribution in [2.24, 2.45) is 0 Å². The van der Waals surface area contributed by atoms with Crippen molar-refractivity contribution in [3.05, 3.63) is 58.8 Å². The summed E-state index contributed by atoms with van der Waals surface area (Å²) < 4.78 is 11.0. The zero-order chi connectivity index (χ0) is 19.0. The largest absolute Gasteiger partial charge is 0.493 e. The topological polar surface area (TPSA) is 46.3 Å². The van der Waals surface area contributed by atoms with Gasteiger partial charge in [0, 0.05) is 23.1 Å². The van der Waals surface area contributed by atoms with Gasteiger partial charge in [0.25, 0.3) is 0 Å². The molecule has 1 aromatic heterocycles. The van der Waals surface area contributed by atoms with Crippen LogP contribution >= 0.6 is 0 Å². The summed E-state index contributed by atoms with van der Waals surface area (Å²) in [5.41, 5.74) is 6.23. The van der Waals surface area contributed by atoms with Gasteiger partial charge in [0.2, 0.25) is 0 Å². The van der Waals surface area contributed by atoms with Crippen LogP contribution in [0.5, 0.6) is 11.5 Å². The van der Waals surface area contributed by atoms with Crippen molar-refractivity contribution in [3.63, 3.8) is 0 Å². The van der Waals surface area contributed by atoms with Gasteiger partial charge in [0.1, 0.15) is 0 Å². The average Bonchev–Trinajstić information content (AvgIpc) is 3.06. The summed E-state index contributed by atoms with van der Waals surface area (Å²) in [4.78, 5) is 3.75. The van der Waals surface area contributed by atoms with Crippen molar-refractivity contribution in [1.82, 2.24) is 10.3 Å². The van der Waals surface area contributed by atoms with E-state index >= 15 is 0 Å². The summed E-state index contributed by atoms with van der Waals surface area (Å²) in [6.07, 6.45) is 3.13. The second-order valence-corrected chi connectivity index (χ2v) is 7.43. The molecule has 0 amide bonds. The minimum Gasteiger partial charge on any atom is -0.493 e. The van der Waals surface area contributed by atoms with Crippen molar-refractivity contribution >= 4 is 10.9 Å². The van der Waals surface area contributed by atoms with Crippen molar-refractivity contribution in [2.45, 2.75) is 38.6 Å². The number of benzene rings is 2. The highest BCUT2D eigenvalue weighted by Crippen LogP contribution is 2.43. The molecule has 1 aliphatic rings. The lowest BCUT2D eigenvalue weighted by molar-refractivity contribution is 0.333. The molecule has 0 spiro atoms. The molecule has 1 unspecified atom stereocenters. The molecule has 4 heteroatoms. The fourth-order valence-electron chi connectivity index (χ4n) is 4.56. The molecule has 0 bridgehead atoms. The number of hydrogen-bond donors (Lipinski definition) is 2. The van der Waals surface area contributed by atoms with Crippen LogP contribution in [0.1, 0.15) is 42.1 Å². The van der Waals surface area contributed by atoms with Gasteiger partial charge < -0.3 is 19.8 Å². The summed E-state index contributed by atoms with van der Waals surface area (Å²) in [6, 6.07) is 13.0. The van der Waals surface area contributed by atoms with Crippen molar-refractivity contribution in [1.29, 1.82) is 0 Å². The van der Waals surface area contributed by atoms with Crippen LogP contribution in [-0.4, -0.2) is 25.7 Å². The maximum atomic E-state index is 5.59. The van der Waals surface area contributed by atoms with Crippen molar-refractivity contribution in [2.75, 3.05) is 20.8 Å². The molecule has 2 N–H and O–H groups in total. The van der Waals surface area contributed by atoms with E-state index < -0.39 is 0 Å². The zero-order valence-corrected chi connectivity index (χ0v) is 16.6. The van der Waals surface area contributed by atoms with Gasteiger partial charge in [0.05, 0.1) is 19.8 Å². The Morgan fingerprint density at radius 1 is 1.04 bits per heavy atom. The molecule has 1 atom stereocenters. The minimum absolute atomic E-state index is 0.241. The van der Waals surface area contributed by atoms with Gasteiger partial charge in [-0.25, -0.2) is 0 Å². The molecular formula is C23H28N2O2. The third-order valence-electron chi connectivity index (χ3n) is 5.79. The Morgan fingerprint density at radius 2 is 1.85 bits per heavy atom. The van der Waals surface area contributed by atoms with E-state index in [0.29, 0.717) is 0 Å². The first-order valence-electron chi connectivity index (χ1n) is 9.72. The second-order valence-electron chi connectivity index (χ2n) is 7.43. The molecular weight excluding hydrogens is 336 g/mol. The number of fused-ring (bicyclic) bond motifs is 3. The Labute approximate surface area is 160 Å². The lowest BCUT2D eigenvalue weighted by Gasteiger charge is -2.39. The molecule has 0 radical (unpaired) electrons. The Bertz CT molecular complexity index is 976. The quantitative estimate of drug-likeness (QED) is 0.691. The Balaban J connectivity index is 1.95. The Kier molecular flexibility index (Phi) is 4.60. The highest BCUT2D eigenvalue weighted by molar-refractivity contribution is 5.86. The summed E-state index contributed by atoms with van der Waals surface area (Å²) in [5, 5.41) is 5.20. The Hall–Kier alpha value is -2.46. The number of nitrogens with one attached hydrogen (secondary N) is 2. The van der Waals surface area contributed by atoms with Gasteiger partial charge >= 0.3 is 0 Å². The van der Waals surface area contributed by atoms with Crippen LogP contribution in [0.25, 0.3) is 10.9 Å². The first kappa shape index (κ1) is 17.9. The fourth-order valence-corrected chi connectivity index (χ4v) is 4.56. The lowest BCUT2D eigenvalue weighted by atomic mass is 9.78. The van der Waals surface area contributed by atoms with Gasteiger partial charge in [0.15, 0.2) is 11.5 Å². The average molecular weight is 364 g/mol. The van der Waals surface area contributed by atoms with Gasteiger partial charge in [-0.05, 0) is 55.2 Å². The molecule has 0 fully saturated rings. The predicted octanol–water partition coefficient (Wildman–Crippen LogP) is 4.68. The number of aromatic amines is 1. The SMILES string of the molecule is CCCC1(c2ccc(OC)c(OC)c2)NCCc2c1[nH]c1ccc(C)cc21. The van der Waals surface area contributed by atoms with Crippen LogP contribution in [0.4, 0.5) is 0 Å². The molecule has 4 nitrogen and oxygen atoms in total. The maximum Gasteiger partial charge on any atom is 0.161 e. The zero-order valence-electron chi connectivity index (χ0n) is 16.6. The van der Waals surface area contributed by atoms with Crippen LogP contribution in [0.2, 0.25) is 0 Å². The summed E-state index contributed by atoms with van der Waals surface area (Å²) in [5.74, 6) is 1.53. The molecule has 4 rings (SSSR count). The molecule has 27 heavy (non-hydrogen) atoms. The molecule has 2 heterocycles. The fraction of sp³-hybridized carbons (Fsp3) is 0.391. The molecule has 2 aromatic carbocycles. The van der Waals surface area contributed by atoms with E-state index in [-0.39, 0.29) is 5.54 Å². The molecule has 142 valence electrons. The van der Waals surface area contributed by atoms with Crippen LogP contribution in [-0.2, 0) is 12.0 Å². The van der Waals surface area contributed by atoms with Crippen molar-refractivity contribution < 1.29 is 9.47 Å². The predicted molar refractivity (Wildman–Crippen MR) is 110 cm³/mol. The van der Waals surface area contributed by atoms with Gasteiger partial charge in [-0.2, -0.15) is 0 Å². The van der Waals surface area contributed by atoms with E-state index in [2.05, 4.69) is 54.5 Å². The van der Waals surface area contributed by atoms with Gasteiger partial charge in [-0.1, -0.05) is 31.0 Å². The molecule has 0 aliphatic carbocycles. The normalized spacial score (nSPS) is 19.1. The lowest BCUT2D eigenvalue weighted by Crippen LogP contribution is -2.48. The smallest absolute Gasteiger partial charge is 0.161 e. The van der Waals surface area contributed by atoms with E-state index in [1.807, 2.05) is 6.07 Å². The van der Waals surface area contributed by atoms with E-state index in [9.17, 15) is 0 Å². The number of hydrogen-bond acceptors (Lipinski definition) is 3. The van der Waals surface area contributed by atoms with Crippen LogP contribution in [0.15, 0.2) is 36.4 Å². The van der Waals surface area contributed by atoms with E-state index in [1.54, 1.807) is 14.2 Å². The van der Waals surface area contributed by atoms with Crippen LogP contribution in [0.3, 0.4) is 0 Å². The van der Waals surface area contributed by atoms with Gasteiger partial charge in [-0.3, -0.25) is 0 Å². The Morgan fingerprint density at radius 3 is 2.59 bits per heavy atom. The molecule has 0 saturated heterocycles. The number of aromatic nitrogens is 1. The van der Waals surface area contributed by atoms with E-state index in [1.165, 1.54) is 33.3 Å². The summed E-state index contributed by atoms with van der Waals surface area (Å²) >= 11 is 0. The molecule has 1 aliphatic heterocycles. The highest BCUT2D eigenvalue weighted by atomic mass is 16.5. The standard InChI is InChI=1S/C23H28N2O2/c1-5-11-23(16-7-9-20(26-3)21(14-16)27-4)22-17(10-12-24-23)18-13-15(2)6-8-19(18)25-22/h6-9,13-14,24-25H,5,10-12H2,1-4H3. The third kappa shape index (κ3) is 2.79. The number of methoxy groups -OCH3 is 2. The van der Waals surface area contributed by atoms with Crippen LogP contribution in [0, 0.1) is 6.92 Å². The third-order valence-corrected chi connectivity index (χ3v) is 5.79. The summed E-state index contributed by atoms with van der Waals surface area (Å²) in [6.45, 7) is 5.36. The van der Waals surface area contributed by atoms with Crippen molar-refractivity contribution in [3.8, 4) is 11.5 Å². The number of H-pyrrole nitrogens is 1. The number of rotatable bonds is 5. The monoisotopic (exact) mass is 364 g/mol. The first-order chi connectivity index (χ1) is 13.1. The van der Waals surface area contributed by atoms with Crippen LogP contribution < -0.4 is 14.8 Å². The number of aryl methyl sites for hydroxylation is 1. The van der Waals surface area contributed by atoms with Gasteiger partial charge in [-0.15, -0.1) is 0 Å². The number of ether oxygens (including phenoxy) is 2. The molecule has 3 aromatic rings. The second kappa shape index (κ2) is 6.93. The highest BCUT2D eigenvalue weighted by Gasteiger charge is 2.40. The minimum atomic E-state index is -0.241. The molecule has 0 saturated carbocycles. The first-order valence-corrected chi connectivity index (χ1v) is 9.72. The maximum absolute atomic E-state index is 5.59. The summed E-state index contributed by atoms with van der Waals surface area (Å²) in [7, 11) is 3.37. The van der Waals surface area contributed by atoms with E-state index in [4.69, 9.17) is 9.47 Å².